The van der Waals surface area contributed by atoms with Crippen LogP contribution in [0.2, 0.25) is 0 Å². The van der Waals surface area contributed by atoms with Gasteiger partial charge in [-0.1, -0.05) is 0 Å². The number of amides is 1. The van der Waals surface area contributed by atoms with Gasteiger partial charge >= 0.3 is 0 Å². The zero-order valence-electron chi connectivity index (χ0n) is 16.1. The van der Waals surface area contributed by atoms with E-state index >= 15 is 0 Å². The summed E-state index contributed by atoms with van der Waals surface area (Å²) < 4.78 is 32.1. The highest BCUT2D eigenvalue weighted by atomic mass is 32.2. The fraction of sp³-hybridized carbons (Fsp3) is 0.778. The van der Waals surface area contributed by atoms with E-state index in [2.05, 4.69) is 10.00 Å². The Labute approximate surface area is 160 Å². The van der Waals surface area contributed by atoms with Gasteiger partial charge in [0.2, 0.25) is 0 Å². The maximum atomic E-state index is 12.9. The van der Waals surface area contributed by atoms with Gasteiger partial charge < -0.3 is 9.64 Å². The van der Waals surface area contributed by atoms with Crippen molar-refractivity contribution in [1.29, 1.82) is 0 Å². The number of ether oxygens (including phenoxy) is 1. The van der Waals surface area contributed by atoms with Gasteiger partial charge in [0.15, 0.2) is 9.84 Å². The Morgan fingerprint density at radius 2 is 2.04 bits per heavy atom. The molecule has 1 unspecified atom stereocenters. The summed E-state index contributed by atoms with van der Waals surface area (Å²) in [6.45, 7) is 9.07. The van der Waals surface area contributed by atoms with Gasteiger partial charge in [0, 0.05) is 45.0 Å². The molecule has 1 aromatic heterocycles. The molecule has 9 heteroatoms. The van der Waals surface area contributed by atoms with Gasteiger partial charge in [-0.05, 0) is 26.2 Å². The van der Waals surface area contributed by atoms with E-state index in [4.69, 9.17) is 4.74 Å². The van der Waals surface area contributed by atoms with E-state index in [1.54, 1.807) is 15.8 Å². The molecular formula is C18H28N4O4S. The molecule has 27 heavy (non-hydrogen) atoms. The number of likely N-dealkylation sites (tertiary alicyclic amines) is 1. The quantitative estimate of drug-likeness (QED) is 0.722. The zero-order chi connectivity index (χ0) is 19.2. The molecule has 1 aromatic rings. The largest absolute Gasteiger partial charge is 0.379 e. The van der Waals surface area contributed by atoms with E-state index in [1.807, 2.05) is 13.8 Å². The average Bonchev–Trinajstić information content (AvgIpc) is 3.11. The second kappa shape index (κ2) is 6.86. The minimum atomic E-state index is -3.18. The Balaban J connectivity index is 1.49. The predicted octanol–water partition coefficient (Wildman–Crippen LogP) is 0.173. The fourth-order valence-corrected chi connectivity index (χ4v) is 7.12. The van der Waals surface area contributed by atoms with E-state index < -0.39 is 14.6 Å². The molecule has 1 atom stereocenters. The maximum absolute atomic E-state index is 12.9. The SMILES string of the molecule is CCn1ncc(C(=O)N2CC3(C2)C(CN2CCOCC2)CCS3(=O)=O)c1C. The second-order valence-electron chi connectivity index (χ2n) is 7.90. The molecule has 1 amide bonds. The van der Waals surface area contributed by atoms with E-state index in [1.165, 1.54) is 0 Å². The molecule has 8 nitrogen and oxygen atoms in total. The lowest BCUT2D eigenvalue weighted by atomic mass is 9.82. The van der Waals surface area contributed by atoms with E-state index in [9.17, 15) is 13.2 Å². The third-order valence-corrected chi connectivity index (χ3v) is 9.12. The zero-order valence-corrected chi connectivity index (χ0v) is 16.9. The first kappa shape index (κ1) is 18.9. The molecule has 3 fully saturated rings. The highest BCUT2D eigenvalue weighted by Gasteiger charge is 2.62. The number of rotatable bonds is 4. The van der Waals surface area contributed by atoms with Gasteiger partial charge in [-0.3, -0.25) is 14.4 Å². The Hall–Kier alpha value is -1.45. The summed E-state index contributed by atoms with van der Waals surface area (Å²) >= 11 is 0. The number of nitrogens with zero attached hydrogens (tertiary/aromatic N) is 4. The van der Waals surface area contributed by atoms with Gasteiger partial charge in [-0.25, -0.2) is 8.42 Å². The van der Waals surface area contributed by atoms with Crippen molar-refractivity contribution in [3.05, 3.63) is 17.5 Å². The van der Waals surface area contributed by atoms with Crippen LogP contribution in [0.3, 0.4) is 0 Å². The monoisotopic (exact) mass is 396 g/mol. The van der Waals surface area contributed by atoms with Crippen molar-refractivity contribution in [1.82, 2.24) is 19.6 Å². The molecular weight excluding hydrogens is 368 g/mol. The summed E-state index contributed by atoms with van der Waals surface area (Å²) in [6.07, 6.45) is 2.29. The first-order valence-electron chi connectivity index (χ1n) is 9.72. The van der Waals surface area contributed by atoms with Crippen LogP contribution < -0.4 is 0 Å². The molecule has 4 rings (SSSR count). The van der Waals surface area contributed by atoms with Crippen molar-refractivity contribution in [2.75, 3.05) is 51.7 Å². The summed E-state index contributed by atoms with van der Waals surface area (Å²) in [6, 6.07) is 0. The van der Waals surface area contributed by atoms with Gasteiger partial charge in [0.1, 0.15) is 4.75 Å². The van der Waals surface area contributed by atoms with E-state index in [0.29, 0.717) is 44.8 Å². The molecule has 0 radical (unpaired) electrons. The average molecular weight is 397 g/mol. The number of carbonyl (C=O) groups excluding carboxylic acids is 1. The van der Waals surface area contributed by atoms with Crippen LogP contribution in [0.15, 0.2) is 6.20 Å². The molecule has 0 aliphatic carbocycles. The number of hydrogen-bond acceptors (Lipinski definition) is 6. The highest BCUT2D eigenvalue weighted by molar-refractivity contribution is 7.93. The Morgan fingerprint density at radius 1 is 1.33 bits per heavy atom. The van der Waals surface area contributed by atoms with Crippen molar-refractivity contribution < 1.29 is 17.9 Å². The van der Waals surface area contributed by atoms with Crippen LogP contribution in [0.1, 0.15) is 29.4 Å². The van der Waals surface area contributed by atoms with Gasteiger partial charge in [0.05, 0.1) is 30.7 Å². The normalized spacial score (nSPS) is 27.0. The molecule has 0 N–H and O–H groups in total. The molecule has 3 aliphatic rings. The van der Waals surface area contributed by atoms with Crippen LogP contribution in [0.25, 0.3) is 0 Å². The lowest BCUT2D eigenvalue weighted by Crippen LogP contribution is -2.69. The van der Waals surface area contributed by atoms with E-state index in [-0.39, 0.29) is 17.6 Å². The standard InChI is InChI=1S/C18H28N4O4S/c1-3-22-14(2)16(10-19-22)17(23)21-12-18(13-21)15(4-9-27(18,24)25)11-20-5-7-26-8-6-20/h10,15H,3-9,11-13H2,1-2H3. The summed E-state index contributed by atoms with van der Waals surface area (Å²) in [5, 5.41) is 4.24. The number of sulfone groups is 1. The number of hydrogen-bond donors (Lipinski definition) is 0. The summed E-state index contributed by atoms with van der Waals surface area (Å²) in [7, 11) is -3.18. The van der Waals surface area contributed by atoms with Crippen LogP contribution >= 0.6 is 0 Å². The molecule has 0 aromatic carbocycles. The van der Waals surface area contributed by atoms with Crippen molar-refractivity contribution in [3.8, 4) is 0 Å². The number of carbonyl (C=O) groups is 1. The lowest BCUT2D eigenvalue weighted by Gasteiger charge is -2.50. The minimum absolute atomic E-state index is 0.0871. The van der Waals surface area contributed by atoms with Gasteiger partial charge in [-0.2, -0.15) is 5.10 Å². The van der Waals surface area contributed by atoms with Crippen molar-refractivity contribution in [2.24, 2.45) is 5.92 Å². The smallest absolute Gasteiger partial charge is 0.257 e. The third kappa shape index (κ3) is 3.00. The maximum Gasteiger partial charge on any atom is 0.257 e. The van der Waals surface area contributed by atoms with Crippen LogP contribution in [0.4, 0.5) is 0 Å². The summed E-state index contributed by atoms with van der Waals surface area (Å²) in [4.78, 5) is 16.9. The predicted molar refractivity (Wildman–Crippen MR) is 100 cm³/mol. The Morgan fingerprint density at radius 3 is 2.67 bits per heavy atom. The van der Waals surface area contributed by atoms with Crippen LogP contribution in [-0.4, -0.2) is 90.3 Å². The first-order valence-corrected chi connectivity index (χ1v) is 11.4. The summed E-state index contributed by atoms with van der Waals surface area (Å²) in [5.41, 5.74) is 1.41. The van der Waals surface area contributed by atoms with Crippen molar-refractivity contribution in [3.63, 3.8) is 0 Å². The number of aryl methyl sites for hydroxylation is 1. The molecule has 3 saturated heterocycles. The topological polar surface area (TPSA) is 84.7 Å². The number of aromatic nitrogens is 2. The molecule has 4 heterocycles. The number of morpholine rings is 1. The van der Waals surface area contributed by atoms with Crippen molar-refractivity contribution in [2.45, 2.75) is 31.6 Å². The Bertz CT molecular complexity index is 822. The lowest BCUT2D eigenvalue weighted by molar-refractivity contribution is 0.0140. The van der Waals surface area contributed by atoms with Gasteiger partial charge in [-0.15, -0.1) is 0 Å². The molecule has 150 valence electrons. The van der Waals surface area contributed by atoms with E-state index in [0.717, 1.165) is 25.3 Å². The minimum Gasteiger partial charge on any atom is -0.379 e. The van der Waals surface area contributed by atoms with Crippen LogP contribution in [0.5, 0.6) is 0 Å². The first-order chi connectivity index (χ1) is 12.9. The van der Waals surface area contributed by atoms with Crippen molar-refractivity contribution >= 4 is 15.7 Å². The third-order valence-electron chi connectivity index (χ3n) is 6.52. The molecule has 1 spiro atoms. The van der Waals surface area contributed by atoms with Crippen LogP contribution in [-0.2, 0) is 21.1 Å². The molecule has 3 aliphatic heterocycles. The highest BCUT2D eigenvalue weighted by Crippen LogP contribution is 2.45. The fourth-order valence-electron chi connectivity index (χ4n) is 4.71. The molecule has 0 saturated carbocycles. The second-order valence-corrected chi connectivity index (χ2v) is 10.4. The molecule has 0 bridgehead atoms. The van der Waals surface area contributed by atoms with Crippen LogP contribution in [0, 0.1) is 12.8 Å². The Kier molecular flexibility index (Phi) is 4.80. The van der Waals surface area contributed by atoms with Gasteiger partial charge in [0.25, 0.3) is 5.91 Å². The summed E-state index contributed by atoms with van der Waals surface area (Å²) in [5.74, 6) is 0.214.